The molecule has 3 aromatic carbocycles. The molecule has 3 aromatic rings. The zero-order valence-electron chi connectivity index (χ0n) is 16.1. The first kappa shape index (κ1) is 18.0. The molecule has 4 heteroatoms. The molecule has 0 atom stereocenters. The summed E-state index contributed by atoms with van der Waals surface area (Å²) in [5.74, 6) is 1.39. The van der Waals surface area contributed by atoms with Crippen molar-refractivity contribution in [2.24, 2.45) is 0 Å². The summed E-state index contributed by atoms with van der Waals surface area (Å²) < 4.78 is 11.4. The molecular formula is C24H22O4. The van der Waals surface area contributed by atoms with Crippen LogP contribution in [-0.2, 0) is 0 Å². The van der Waals surface area contributed by atoms with Crippen molar-refractivity contribution in [1.29, 1.82) is 0 Å². The average Bonchev–Trinajstić information content (AvgIpc) is 2.72. The minimum Gasteiger partial charge on any atom is -0.504 e. The summed E-state index contributed by atoms with van der Waals surface area (Å²) in [6.45, 7) is 4.52. The maximum Gasteiger partial charge on any atom is 0.158 e. The van der Waals surface area contributed by atoms with Crippen LogP contribution < -0.4 is 9.47 Å². The van der Waals surface area contributed by atoms with E-state index in [9.17, 15) is 10.2 Å². The number of hydrogen-bond acceptors (Lipinski definition) is 4. The van der Waals surface area contributed by atoms with Gasteiger partial charge in [-0.15, -0.1) is 0 Å². The minimum absolute atomic E-state index is 0.140. The van der Waals surface area contributed by atoms with Crippen LogP contribution >= 0.6 is 0 Å². The van der Waals surface area contributed by atoms with Gasteiger partial charge in [-0.2, -0.15) is 0 Å². The lowest BCUT2D eigenvalue weighted by Gasteiger charge is -2.27. The van der Waals surface area contributed by atoms with Gasteiger partial charge >= 0.3 is 0 Å². The second-order valence-electron chi connectivity index (χ2n) is 6.96. The predicted octanol–water partition coefficient (Wildman–Crippen LogP) is 5.07. The van der Waals surface area contributed by atoms with E-state index in [0.717, 1.165) is 44.9 Å². The summed E-state index contributed by atoms with van der Waals surface area (Å²) in [4.78, 5) is 0. The van der Waals surface area contributed by atoms with Gasteiger partial charge in [0, 0.05) is 11.1 Å². The quantitative estimate of drug-likeness (QED) is 0.628. The van der Waals surface area contributed by atoms with Gasteiger partial charge in [-0.1, -0.05) is 30.3 Å². The van der Waals surface area contributed by atoms with Crippen molar-refractivity contribution in [2.75, 3.05) is 13.7 Å². The zero-order chi connectivity index (χ0) is 19.8. The number of rotatable bonds is 3. The Kier molecular flexibility index (Phi) is 4.47. The van der Waals surface area contributed by atoms with Gasteiger partial charge in [0.05, 0.1) is 7.11 Å². The molecule has 0 saturated carbocycles. The fraction of sp³-hybridized carbons (Fsp3) is 0.167. The van der Waals surface area contributed by atoms with Gasteiger partial charge in [-0.05, 0) is 65.9 Å². The Morgan fingerprint density at radius 1 is 0.857 bits per heavy atom. The Balaban J connectivity index is 1.99. The first-order valence-electron chi connectivity index (χ1n) is 9.13. The van der Waals surface area contributed by atoms with Gasteiger partial charge in [0.15, 0.2) is 11.5 Å². The topological polar surface area (TPSA) is 58.9 Å². The standard InChI is InChI=1S/C24H22O4/c1-14-4-10-19-23(16-5-8-18(27-3)9-6-16)20(13-28-24(19)15(14)2)17-7-11-21(25)22(26)12-17/h4-12,25-26H,13H2,1-3H3. The van der Waals surface area contributed by atoms with Crippen LogP contribution in [-0.4, -0.2) is 23.9 Å². The summed E-state index contributed by atoms with van der Waals surface area (Å²) in [5, 5.41) is 19.7. The van der Waals surface area contributed by atoms with E-state index < -0.39 is 0 Å². The SMILES string of the molecule is COc1ccc(C2=C(c3ccc(O)c(O)c3)COc3c2ccc(C)c3C)cc1. The van der Waals surface area contributed by atoms with Crippen LogP contribution in [0.5, 0.6) is 23.0 Å². The summed E-state index contributed by atoms with van der Waals surface area (Å²) in [7, 11) is 1.65. The third-order valence-corrected chi connectivity index (χ3v) is 5.31. The van der Waals surface area contributed by atoms with Crippen molar-refractivity contribution in [3.63, 3.8) is 0 Å². The van der Waals surface area contributed by atoms with Crippen molar-refractivity contribution in [3.05, 3.63) is 82.4 Å². The number of hydrogen-bond donors (Lipinski definition) is 2. The number of benzene rings is 3. The first-order valence-corrected chi connectivity index (χ1v) is 9.13. The van der Waals surface area contributed by atoms with Gasteiger partial charge in [-0.25, -0.2) is 0 Å². The van der Waals surface area contributed by atoms with Crippen molar-refractivity contribution < 1.29 is 19.7 Å². The van der Waals surface area contributed by atoms with Gasteiger partial charge in [0.25, 0.3) is 0 Å². The van der Waals surface area contributed by atoms with Crippen LogP contribution in [0, 0.1) is 13.8 Å². The smallest absolute Gasteiger partial charge is 0.158 e. The van der Waals surface area contributed by atoms with Crippen molar-refractivity contribution in [1.82, 2.24) is 0 Å². The number of methoxy groups -OCH3 is 1. The Bertz CT molecular complexity index is 1080. The predicted molar refractivity (Wildman–Crippen MR) is 110 cm³/mol. The highest BCUT2D eigenvalue weighted by Crippen LogP contribution is 2.44. The molecule has 0 spiro atoms. The molecule has 4 rings (SSSR count). The maximum atomic E-state index is 10.0. The molecule has 4 nitrogen and oxygen atoms in total. The van der Waals surface area contributed by atoms with E-state index in [0.29, 0.717) is 6.61 Å². The van der Waals surface area contributed by atoms with E-state index in [2.05, 4.69) is 26.0 Å². The molecule has 0 fully saturated rings. The van der Waals surface area contributed by atoms with E-state index in [1.54, 1.807) is 19.2 Å². The van der Waals surface area contributed by atoms with Crippen molar-refractivity contribution in [2.45, 2.75) is 13.8 Å². The number of ether oxygens (including phenoxy) is 2. The van der Waals surface area contributed by atoms with E-state index in [1.807, 2.05) is 24.3 Å². The van der Waals surface area contributed by atoms with Crippen molar-refractivity contribution in [3.8, 4) is 23.0 Å². The number of phenols is 2. The molecule has 0 saturated heterocycles. The molecule has 0 bridgehead atoms. The molecule has 0 aliphatic carbocycles. The molecule has 1 aliphatic heterocycles. The van der Waals surface area contributed by atoms with E-state index in [4.69, 9.17) is 9.47 Å². The Morgan fingerprint density at radius 3 is 2.25 bits per heavy atom. The van der Waals surface area contributed by atoms with Crippen LogP contribution in [0.15, 0.2) is 54.6 Å². The molecule has 28 heavy (non-hydrogen) atoms. The summed E-state index contributed by atoms with van der Waals surface area (Å²) in [6, 6.07) is 17.0. The number of aryl methyl sites for hydroxylation is 1. The lowest BCUT2D eigenvalue weighted by Crippen LogP contribution is -2.13. The molecule has 0 unspecified atom stereocenters. The highest BCUT2D eigenvalue weighted by molar-refractivity contribution is 6.02. The normalized spacial score (nSPS) is 13.1. The molecule has 0 aromatic heterocycles. The third kappa shape index (κ3) is 2.97. The van der Waals surface area contributed by atoms with Gasteiger partial charge in [0.1, 0.15) is 18.1 Å². The van der Waals surface area contributed by atoms with Gasteiger partial charge in [0.2, 0.25) is 0 Å². The van der Waals surface area contributed by atoms with E-state index in [-0.39, 0.29) is 11.5 Å². The summed E-state index contributed by atoms with van der Waals surface area (Å²) in [5.41, 5.74) is 7.17. The fourth-order valence-corrected chi connectivity index (χ4v) is 3.58. The second-order valence-corrected chi connectivity index (χ2v) is 6.96. The molecule has 0 radical (unpaired) electrons. The average molecular weight is 374 g/mol. The minimum atomic E-state index is -0.148. The summed E-state index contributed by atoms with van der Waals surface area (Å²) in [6.07, 6.45) is 0. The first-order chi connectivity index (χ1) is 13.5. The largest absolute Gasteiger partial charge is 0.504 e. The highest BCUT2D eigenvalue weighted by Gasteiger charge is 2.25. The van der Waals surface area contributed by atoms with Crippen LogP contribution in [0.4, 0.5) is 0 Å². The van der Waals surface area contributed by atoms with Gasteiger partial charge in [-0.3, -0.25) is 0 Å². The Hall–Kier alpha value is -3.40. The van der Waals surface area contributed by atoms with E-state index in [1.165, 1.54) is 11.6 Å². The molecule has 142 valence electrons. The van der Waals surface area contributed by atoms with Crippen molar-refractivity contribution >= 4 is 11.1 Å². The fourth-order valence-electron chi connectivity index (χ4n) is 3.58. The van der Waals surface area contributed by atoms with Crippen LogP contribution in [0.2, 0.25) is 0 Å². The lowest BCUT2D eigenvalue weighted by molar-refractivity contribution is 0.361. The number of aromatic hydroxyl groups is 2. The Morgan fingerprint density at radius 2 is 1.57 bits per heavy atom. The summed E-state index contributed by atoms with van der Waals surface area (Å²) >= 11 is 0. The molecule has 1 heterocycles. The lowest BCUT2D eigenvalue weighted by atomic mass is 9.86. The van der Waals surface area contributed by atoms with Crippen LogP contribution in [0.1, 0.15) is 27.8 Å². The second kappa shape index (κ2) is 6.97. The monoisotopic (exact) mass is 374 g/mol. The van der Waals surface area contributed by atoms with Gasteiger partial charge < -0.3 is 19.7 Å². The number of phenolic OH excluding ortho intramolecular Hbond substituents is 2. The number of fused-ring (bicyclic) bond motifs is 1. The molecule has 2 N–H and O–H groups in total. The van der Waals surface area contributed by atoms with Crippen LogP contribution in [0.3, 0.4) is 0 Å². The molecule has 1 aliphatic rings. The van der Waals surface area contributed by atoms with E-state index >= 15 is 0 Å². The molecular weight excluding hydrogens is 352 g/mol. The van der Waals surface area contributed by atoms with Crippen LogP contribution in [0.25, 0.3) is 11.1 Å². The Labute approximate surface area is 164 Å². The highest BCUT2D eigenvalue weighted by atomic mass is 16.5. The molecule has 0 amide bonds. The zero-order valence-corrected chi connectivity index (χ0v) is 16.1. The third-order valence-electron chi connectivity index (χ3n) is 5.31. The maximum absolute atomic E-state index is 10.0.